The Kier molecular flexibility index (Phi) is 5.41. The van der Waals surface area contributed by atoms with Gasteiger partial charge in [-0.1, -0.05) is 15.9 Å². The van der Waals surface area contributed by atoms with Crippen LogP contribution in [0.1, 0.15) is 39.3 Å². The monoisotopic (exact) mass is 419 g/mol. The Morgan fingerprint density at radius 2 is 1.96 bits per heavy atom. The molecule has 1 N–H and O–H groups in total. The number of hydrogen-bond acceptors (Lipinski definition) is 4. The third-order valence-electron chi connectivity index (χ3n) is 4.01. The minimum Gasteiger partial charge on any atom is -0.350 e. The average Bonchev–Trinajstić information content (AvgIpc) is 2.85. The van der Waals surface area contributed by atoms with Gasteiger partial charge in [-0.15, -0.1) is 0 Å². The van der Waals surface area contributed by atoms with E-state index in [1.54, 1.807) is 18.2 Å². The van der Waals surface area contributed by atoms with Crippen molar-refractivity contribution in [1.82, 2.24) is 15.2 Å². The Labute approximate surface area is 157 Å². The maximum atomic E-state index is 13.4. The van der Waals surface area contributed by atoms with E-state index in [4.69, 9.17) is 0 Å². The molecule has 1 aliphatic heterocycles. The first-order valence-corrected chi connectivity index (χ1v) is 8.78. The first-order valence-electron chi connectivity index (χ1n) is 7.99. The minimum atomic E-state index is -0.481. The molecule has 0 fully saturated rings. The molecule has 1 aromatic carbocycles. The average molecular weight is 420 g/mol. The fraction of sp³-hybridized carbons (Fsp3) is 0.222. The van der Waals surface area contributed by atoms with Crippen LogP contribution in [-0.4, -0.2) is 34.2 Å². The topological polar surface area (TPSA) is 79.4 Å². The molecule has 0 saturated carbocycles. The lowest BCUT2D eigenvalue weighted by molar-refractivity contribution is -0.121. The summed E-state index contributed by atoms with van der Waals surface area (Å²) in [5, 5.41) is 2.58. The smallest absolute Gasteiger partial charge is 0.261 e. The van der Waals surface area contributed by atoms with Crippen LogP contribution in [-0.2, 0) is 11.3 Å². The molecule has 2 aromatic rings. The van der Waals surface area contributed by atoms with E-state index in [1.165, 1.54) is 18.3 Å². The van der Waals surface area contributed by atoms with Crippen molar-refractivity contribution in [2.45, 2.75) is 19.4 Å². The highest BCUT2D eigenvalue weighted by atomic mass is 79.9. The lowest BCUT2D eigenvalue weighted by atomic mass is 10.1. The third-order valence-corrected chi connectivity index (χ3v) is 4.50. The molecule has 0 aliphatic carbocycles. The second kappa shape index (κ2) is 7.74. The molecule has 1 aromatic heterocycles. The molecule has 0 saturated heterocycles. The van der Waals surface area contributed by atoms with Gasteiger partial charge in [0.1, 0.15) is 5.82 Å². The van der Waals surface area contributed by atoms with E-state index in [0.29, 0.717) is 17.5 Å². The molecule has 8 heteroatoms. The number of carbonyl (C=O) groups excluding carboxylic acids is 3. The first kappa shape index (κ1) is 18.2. The molecule has 0 unspecified atom stereocenters. The number of nitrogens with one attached hydrogen (secondary N) is 1. The third kappa shape index (κ3) is 3.80. The zero-order valence-electron chi connectivity index (χ0n) is 13.7. The second-order valence-electron chi connectivity index (χ2n) is 5.76. The maximum absolute atomic E-state index is 13.4. The second-order valence-corrected chi connectivity index (χ2v) is 6.68. The molecule has 134 valence electrons. The van der Waals surface area contributed by atoms with E-state index >= 15 is 0 Å². The molecule has 2 heterocycles. The summed E-state index contributed by atoms with van der Waals surface area (Å²) in [5.41, 5.74) is 0.888. The number of aromatic nitrogens is 1. The molecule has 26 heavy (non-hydrogen) atoms. The standard InChI is InChI=1S/C18H15BrFN3O3/c19-11-5-6-12-13(9-11)18(26)23(17(12)25)8-2-4-16(24)22-10-15-14(20)3-1-7-21-15/h1,3,5-7,9H,2,4,8,10H2,(H,22,24). The number of benzene rings is 1. The van der Waals surface area contributed by atoms with Crippen molar-refractivity contribution in [2.24, 2.45) is 0 Å². The van der Waals surface area contributed by atoms with Crippen LogP contribution in [0.25, 0.3) is 0 Å². The molecular weight excluding hydrogens is 405 g/mol. The summed E-state index contributed by atoms with van der Waals surface area (Å²) in [5.74, 6) is -1.49. The van der Waals surface area contributed by atoms with Crippen LogP contribution in [0.2, 0.25) is 0 Å². The molecule has 0 bridgehead atoms. The number of amides is 3. The van der Waals surface area contributed by atoms with Gasteiger partial charge in [0.15, 0.2) is 0 Å². The van der Waals surface area contributed by atoms with E-state index in [0.717, 1.165) is 9.37 Å². The van der Waals surface area contributed by atoms with Gasteiger partial charge >= 0.3 is 0 Å². The Balaban J connectivity index is 1.49. The van der Waals surface area contributed by atoms with Crippen molar-refractivity contribution in [1.29, 1.82) is 0 Å². The van der Waals surface area contributed by atoms with Crippen LogP contribution in [0.4, 0.5) is 4.39 Å². The van der Waals surface area contributed by atoms with Crippen molar-refractivity contribution in [3.63, 3.8) is 0 Å². The highest BCUT2D eigenvalue weighted by Gasteiger charge is 2.35. The highest BCUT2D eigenvalue weighted by Crippen LogP contribution is 2.26. The number of rotatable bonds is 6. The van der Waals surface area contributed by atoms with E-state index in [1.807, 2.05) is 0 Å². The number of carbonyl (C=O) groups is 3. The number of hydrogen-bond donors (Lipinski definition) is 1. The Bertz CT molecular complexity index is 888. The number of fused-ring (bicyclic) bond motifs is 1. The van der Waals surface area contributed by atoms with Crippen LogP contribution in [0.5, 0.6) is 0 Å². The quantitative estimate of drug-likeness (QED) is 0.729. The molecule has 1 aliphatic rings. The lowest BCUT2D eigenvalue weighted by Crippen LogP contribution is -2.32. The molecule has 0 spiro atoms. The zero-order chi connectivity index (χ0) is 18.7. The van der Waals surface area contributed by atoms with E-state index in [-0.39, 0.29) is 42.9 Å². The van der Waals surface area contributed by atoms with Gasteiger partial charge in [0, 0.05) is 23.6 Å². The van der Waals surface area contributed by atoms with Crippen molar-refractivity contribution < 1.29 is 18.8 Å². The van der Waals surface area contributed by atoms with E-state index < -0.39 is 5.82 Å². The molecule has 3 amide bonds. The SMILES string of the molecule is O=C(CCCN1C(=O)c2ccc(Br)cc2C1=O)NCc1ncccc1F. The molecule has 6 nitrogen and oxygen atoms in total. The summed E-state index contributed by atoms with van der Waals surface area (Å²) in [6.45, 7) is 0.141. The Morgan fingerprint density at radius 3 is 2.73 bits per heavy atom. The largest absolute Gasteiger partial charge is 0.350 e. The summed E-state index contributed by atoms with van der Waals surface area (Å²) in [4.78, 5) is 41.5. The number of halogens is 2. The molecule has 0 atom stereocenters. The number of nitrogens with zero attached hydrogens (tertiary/aromatic N) is 2. The molecule has 0 radical (unpaired) electrons. The lowest BCUT2D eigenvalue weighted by Gasteiger charge is -2.13. The van der Waals surface area contributed by atoms with Crippen LogP contribution in [0.3, 0.4) is 0 Å². The van der Waals surface area contributed by atoms with Gasteiger partial charge < -0.3 is 5.32 Å². The minimum absolute atomic E-state index is 0.00739. The summed E-state index contributed by atoms with van der Waals surface area (Å²) < 4.78 is 14.2. The van der Waals surface area contributed by atoms with Crippen LogP contribution >= 0.6 is 15.9 Å². The van der Waals surface area contributed by atoms with Crippen molar-refractivity contribution in [2.75, 3.05) is 6.54 Å². The van der Waals surface area contributed by atoms with Gasteiger partial charge in [-0.2, -0.15) is 0 Å². The zero-order valence-corrected chi connectivity index (χ0v) is 15.3. The van der Waals surface area contributed by atoms with Gasteiger partial charge in [-0.25, -0.2) is 4.39 Å². The van der Waals surface area contributed by atoms with Crippen molar-refractivity contribution in [3.8, 4) is 0 Å². The van der Waals surface area contributed by atoms with Gasteiger partial charge in [0.05, 0.1) is 23.4 Å². The van der Waals surface area contributed by atoms with E-state index in [9.17, 15) is 18.8 Å². The van der Waals surface area contributed by atoms with Crippen LogP contribution in [0.15, 0.2) is 41.0 Å². The predicted molar refractivity (Wildman–Crippen MR) is 94.8 cm³/mol. The number of pyridine rings is 1. The maximum Gasteiger partial charge on any atom is 0.261 e. The molecular formula is C18H15BrFN3O3. The Hall–Kier alpha value is -2.61. The fourth-order valence-corrected chi connectivity index (χ4v) is 3.04. The van der Waals surface area contributed by atoms with Crippen LogP contribution in [0, 0.1) is 5.82 Å². The summed E-state index contributed by atoms with van der Waals surface area (Å²) in [6, 6.07) is 7.67. The van der Waals surface area contributed by atoms with Gasteiger partial charge in [0.25, 0.3) is 11.8 Å². The molecule has 3 rings (SSSR count). The predicted octanol–water partition coefficient (Wildman–Crippen LogP) is 2.68. The highest BCUT2D eigenvalue weighted by molar-refractivity contribution is 9.10. The van der Waals surface area contributed by atoms with Crippen molar-refractivity contribution >= 4 is 33.7 Å². The van der Waals surface area contributed by atoms with Gasteiger partial charge in [-0.3, -0.25) is 24.3 Å². The Morgan fingerprint density at radius 1 is 1.19 bits per heavy atom. The van der Waals surface area contributed by atoms with Crippen molar-refractivity contribution in [3.05, 3.63) is 63.6 Å². The summed E-state index contributed by atoms with van der Waals surface area (Å²) >= 11 is 3.28. The first-order chi connectivity index (χ1) is 12.5. The van der Waals surface area contributed by atoms with Gasteiger partial charge in [0.2, 0.25) is 5.91 Å². The van der Waals surface area contributed by atoms with E-state index in [2.05, 4.69) is 26.2 Å². The van der Waals surface area contributed by atoms with Crippen LogP contribution < -0.4 is 5.32 Å². The fourth-order valence-electron chi connectivity index (χ4n) is 2.68. The normalized spacial score (nSPS) is 13.1. The summed E-state index contributed by atoms with van der Waals surface area (Å²) in [7, 11) is 0. The summed E-state index contributed by atoms with van der Waals surface area (Å²) in [6.07, 6.45) is 1.89. The number of imide groups is 1. The van der Waals surface area contributed by atoms with Gasteiger partial charge in [-0.05, 0) is 36.8 Å².